The van der Waals surface area contributed by atoms with Crippen LogP contribution in [0.3, 0.4) is 0 Å². The van der Waals surface area contributed by atoms with Crippen molar-refractivity contribution in [1.29, 1.82) is 0 Å². The molecule has 0 bridgehead atoms. The van der Waals surface area contributed by atoms with Crippen molar-refractivity contribution in [2.75, 3.05) is 18.5 Å². The van der Waals surface area contributed by atoms with E-state index in [2.05, 4.69) is 10.6 Å². The number of carbonyl (C=O) groups excluding carboxylic acids is 2. The minimum atomic E-state index is -0.172. The van der Waals surface area contributed by atoms with Gasteiger partial charge < -0.3 is 15.4 Å². The van der Waals surface area contributed by atoms with Crippen LogP contribution in [0.15, 0.2) is 18.2 Å². The van der Waals surface area contributed by atoms with Gasteiger partial charge in [-0.15, -0.1) is 0 Å². The van der Waals surface area contributed by atoms with Crippen LogP contribution in [-0.2, 0) is 4.79 Å². The van der Waals surface area contributed by atoms with Gasteiger partial charge in [0, 0.05) is 12.1 Å². The molecule has 1 aliphatic heterocycles. The predicted molar refractivity (Wildman–Crippen MR) is 67.8 cm³/mol. The Hall–Kier alpha value is -2.04. The molecule has 18 heavy (non-hydrogen) atoms. The Labute approximate surface area is 106 Å². The fourth-order valence-electron chi connectivity index (χ4n) is 1.78. The van der Waals surface area contributed by atoms with Crippen molar-refractivity contribution >= 4 is 17.5 Å². The average molecular weight is 248 g/mol. The smallest absolute Gasteiger partial charge is 0.255 e. The Morgan fingerprint density at radius 2 is 2.33 bits per heavy atom. The monoisotopic (exact) mass is 248 g/mol. The summed E-state index contributed by atoms with van der Waals surface area (Å²) in [5, 5.41) is 5.49. The normalized spacial score (nSPS) is 13.9. The molecule has 1 aliphatic rings. The van der Waals surface area contributed by atoms with E-state index < -0.39 is 0 Å². The van der Waals surface area contributed by atoms with Crippen molar-refractivity contribution in [1.82, 2.24) is 5.32 Å². The van der Waals surface area contributed by atoms with Gasteiger partial charge in [-0.25, -0.2) is 0 Å². The Balaban J connectivity index is 2.20. The lowest BCUT2D eigenvalue weighted by molar-refractivity contribution is -0.116. The van der Waals surface area contributed by atoms with Crippen molar-refractivity contribution in [2.24, 2.45) is 0 Å². The molecule has 0 unspecified atom stereocenters. The van der Waals surface area contributed by atoms with Crippen LogP contribution in [0.2, 0.25) is 0 Å². The second-order valence-electron chi connectivity index (χ2n) is 4.11. The molecule has 1 heterocycles. The number of benzene rings is 1. The second kappa shape index (κ2) is 5.53. The number of fused-ring (bicyclic) bond motifs is 1. The Morgan fingerprint density at radius 3 is 3.11 bits per heavy atom. The molecule has 2 N–H and O–H groups in total. The summed E-state index contributed by atoms with van der Waals surface area (Å²) < 4.78 is 5.43. The van der Waals surface area contributed by atoms with Gasteiger partial charge in [0.15, 0.2) is 0 Å². The molecular formula is C13H16N2O3. The van der Waals surface area contributed by atoms with Crippen LogP contribution < -0.4 is 15.4 Å². The first-order chi connectivity index (χ1) is 8.70. The first-order valence-corrected chi connectivity index (χ1v) is 6.05. The lowest BCUT2D eigenvalue weighted by Gasteiger charge is -2.09. The summed E-state index contributed by atoms with van der Waals surface area (Å²) in [5.41, 5.74) is 1.08. The average Bonchev–Trinajstić information content (AvgIpc) is 2.52. The lowest BCUT2D eigenvalue weighted by Crippen LogP contribution is -2.24. The maximum Gasteiger partial charge on any atom is 0.255 e. The Bertz CT molecular complexity index is 471. The second-order valence-corrected chi connectivity index (χ2v) is 4.11. The van der Waals surface area contributed by atoms with Crippen LogP contribution in [-0.4, -0.2) is 25.0 Å². The first-order valence-electron chi connectivity index (χ1n) is 6.05. The number of anilines is 1. The van der Waals surface area contributed by atoms with Crippen LogP contribution in [0.25, 0.3) is 0 Å². The molecule has 0 saturated carbocycles. The molecule has 0 aromatic heterocycles. The molecule has 0 atom stereocenters. The van der Waals surface area contributed by atoms with Crippen LogP contribution in [0, 0.1) is 0 Å². The topological polar surface area (TPSA) is 67.4 Å². The summed E-state index contributed by atoms with van der Waals surface area (Å²) in [7, 11) is 0. The Morgan fingerprint density at radius 1 is 1.50 bits per heavy atom. The van der Waals surface area contributed by atoms with Crippen molar-refractivity contribution in [2.45, 2.75) is 19.8 Å². The highest BCUT2D eigenvalue weighted by molar-refractivity contribution is 5.99. The summed E-state index contributed by atoms with van der Waals surface area (Å²) in [5.74, 6) is 0.333. The molecule has 0 saturated heterocycles. The number of nitrogens with one attached hydrogen (secondary N) is 2. The first kappa shape index (κ1) is 12.4. The van der Waals surface area contributed by atoms with Crippen molar-refractivity contribution in [3.8, 4) is 5.75 Å². The molecule has 0 radical (unpaired) electrons. The van der Waals surface area contributed by atoms with Crippen molar-refractivity contribution in [3.05, 3.63) is 23.8 Å². The van der Waals surface area contributed by atoms with Gasteiger partial charge in [-0.2, -0.15) is 0 Å². The fraction of sp³-hybridized carbons (Fsp3) is 0.385. The van der Waals surface area contributed by atoms with Gasteiger partial charge in [-0.3, -0.25) is 9.59 Å². The molecule has 0 aliphatic carbocycles. The number of hydrogen-bond acceptors (Lipinski definition) is 3. The van der Waals surface area contributed by atoms with E-state index in [0.717, 1.165) is 6.42 Å². The molecule has 0 fully saturated rings. The largest absolute Gasteiger partial charge is 0.491 e. The highest BCUT2D eigenvalue weighted by Crippen LogP contribution is 2.24. The summed E-state index contributed by atoms with van der Waals surface area (Å²) >= 11 is 0. The van der Waals surface area contributed by atoms with Gasteiger partial charge in [-0.1, -0.05) is 6.92 Å². The Kier molecular flexibility index (Phi) is 3.82. The van der Waals surface area contributed by atoms with Crippen molar-refractivity contribution < 1.29 is 14.3 Å². The fourth-order valence-corrected chi connectivity index (χ4v) is 1.78. The zero-order valence-electron chi connectivity index (χ0n) is 10.3. The minimum absolute atomic E-state index is 0.0487. The standard InChI is InChI=1S/C13H16N2O3/c1-2-3-12(16)15-9-4-5-11-10(8-9)13(17)14-6-7-18-11/h4-5,8H,2-3,6-7H2,1H3,(H,14,17)(H,15,16). The quantitative estimate of drug-likeness (QED) is 0.852. The van der Waals surface area contributed by atoms with E-state index in [-0.39, 0.29) is 11.8 Å². The van der Waals surface area contributed by atoms with E-state index in [1.54, 1.807) is 18.2 Å². The molecule has 0 spiro atoms. The summed E-state index contributed by atoms with van der Waals surface area (Å²) in [6, 6.07) is 5.09. The van der Waals surface area contributed by atoms with E-state index >= 15 is 0 Å². The molecule has 2 rings (SSSR count). The van der Waals surface area contributed by atoms with E-state index in [1.807, 2.05) is 6.92 Å². The van der Waals surface area contributed by atoms with Gasteiger partial charge in [0.2, 0.25) is 5.91 Å². The van der Waals surface area contributed by atoms with Gasteiger partial charge in [0.1, 0.15) is 12.4 Å². The maximum atomic E-state index is 11.8. The molecule has 1 aromatic carbocycles. The van der Waals surface area contributed by atoms with Crippen LogP contribution >= 0.6 is 0 Å². The molecule has 2 amide bonds. The van der Waals surface area contributed by atoms with E-state index in [0.29, 0.717) is 36.6 Å². The predicted octanol–water partition coefficient (Wildman–Crippen LogP) is 1.55. The minimum Gasteiger partial charge on any atom is -0.491 e. The molecule has 1 aromatic rings. The lowest BCUT2D eigenvalue weighted by atomic mass is 10.1. The molecule has 96 valence electrons. The van der Waals surface area contributed by atoms with E-state index in [4.69, 9.17) is 4.74 Å². The molecular weight excluding hydrogens is 232 g/mol. The number of ether oxygens (including phenoxy) is 1. The zero-order valence-corrected chi connectivity index (χ0v) is 10.3. The third kappa shape index (κ3) is 2.80. The SMILES string of the molecule is CCCC(=O)Nc1ccc2c(c1)C(=O)NCCO2. The van der Waals surface area contributed by atoms with Crippen LogP contribution in [0.4, 0.5) is 5.69 Å². The van der Waals surface area contributed by atoms with Crippen LogP contribution in [0.1, 0.15) is 30.1 Å². The summed E-state index contributed by atoms with van der Waals surface area (Å²) in [6.07, 6.45) is 1.26. The van der Waals surface area contributed by atoms with Gasteiger partial charge in [0.25, 0.3) is 5.91 Å². The van der Waals surface area contributed by atoms with Gasteiger partial charge in [0.05, 0.1) is 12.1 Å². The summed E-state index contributed by atoms with van der Waals surface area (Å²) in [6.45, 7) is 2.89. The number of amides is 2. The van der Waals surface area contributed by atoms with Gasteiger partial charge >= 0.3 is 0 Å². The summed E-state index contributed by atoms with van der Waals surface area (Å²) in [4.78, 5) is 23.3. The van der Waals surface area contributed by atoms with E-state index in [1.165, 1.54) is 0 Å². The maximum absolute atomic E-state index is 11.8. The highest BCUT2D eigenvalue weighted by Gasteiger charge is 2.16. The van der Waals surface area contributed by atoms with Crippen molar-refractivity contribution in [3.63, 3.8) is 0 Å². The van der Waals surface area contributed by atoms with Gasteiger partial charge in [-0.05, 0) is 24.6 Å². The third-order valence-electron chi connectivity index (χ3n) is 2.63. The van der Waals surface area contributed by atoms with Crippen LogP contribution in [0.5, 0.6) is 5.75 Å². The molecule has 5 heteroatoms. The van der Waals surface area contributed by atoms with E-state index in [9.17, 15) is 9.59 Å². The third-order valence-corrected chi connectivity index (χ3v) is 2.63. The number of carbonyl (C=O) groups is 2. The molecule has 5 nitrogen and oxygen atoms in total. The highest BCUT2D eigenvalue weighted by atomic mass is 16.5. The number of hydrogen-bond donors (Lipinski definition) is 2. The zero-order chi connectivity index (χ0) is 13.0. The number of rotatable bonds is 3.